The van der Waals surface area contributed by atoms with Gasteiger partial charge in [0.1, 0.15) is 4.90 Å². The minimum Gasteiger partial charge on any atom is -0.381 e. The molecule has 0 spiro atoms. The third-order valence-corrected chi connectivity index (χ3v) is 6.83. The average Bonchev–Trinajstić information content (AvgIpc) is 3.14. The Labute approximate surface area is 131 Å². The van der Waals surface area contributed by atoms with Gasteiger partial charge < -0.3 is 5.32 Å². The van der Waals surface area contributed by atoms with E-state index in [0.29, 0.717) is 16.2 Å². The first-order valence-electron chi connectivity index (χ1n) is 7.49. The lowest BCUT2D eigenvalue weighted by Crippen LogP contribution is -2.27. The second-order valence-corrected chi connectivity index (χ2v) is 8.72. The topological polar surface area (TPSA) is 58.2 Å². The van der Waals surface area contributed by atoms with Crippen LogP contribution < -0.4 is 10.0 Å². The first-order valence-corrected chi connectivity index (χ1v) is 10.3. The Morgan fingerprint density at radius 2 is 1.81 bits per heavy atom. The van der Waals surface area contributed by atoms with Crippen LogP contribution in [0, 0.1) is 0 Å². The molecule has 2 saturated carbocycles. The zero-order valence-corrected chi connectivity index (χ0v) is 13.8. The zero-order chi connectivity index (χ0) is 14.9. The Morgan fingerprint density at radius 3 is 2.48 bits per heavy atom. The van der Waals surface area contributed by atoms with E-state index in [4.69, 9.17) is 0 Å². The van der Waals surface area contributed by atoms with Crippen molar-refractivity contribution in [3.63, 3.8) is 0 Å². The van der Waals surface area contributed by atoms with Crippen LogP contribution in [-0.2, 0) is 10.0 Å². The summed E-state index contributed by atoms with van der Waals surface area (Å²) >= 11 is 1.90. The number of nitrogens with one attached hydrogen (secondary N) is 2. The van der Waals surface area contributed by atoms with Gasteiger partial charge in [-0.1, -0.05) is 12.1 Å². The van der Waals surface area contributed by atoms with Gasteiger partial charge in [0.25, 0.3) is 0 Å². The number of benzene rings is 1. The molecule has 3 rings (SSSR count). The largest absolute Gasteiger partial charge is 0.381 e. The van der Waals surface area contributed by atoms with Crippen molar-refractivity contribution in [3.05, 3.63) is 24.3 Å². The van der Waals surface area contributed by atoms with Crippen molar-refractivity contribution in [1.29, 1.82) is 0 Å². The lowest BCUT2D eigenvalue weighted by molar-refractivity contribution is 0.581. The highest BCUT2D eigenvalue weighted by Gasteiger charge is 2.30. The van der Waals surface area contributed by atoms with Crippen LogP contribution >= 0.6 is 11.8 Å². The van der Waals surface area contributed by atoms with Gasteiger partial charge in [0, 0.05) is 17.3 Å². The Morgan fingerprint density at radius 1 is 1.10 bits per heavy atom. The number of anilines is 1. The molecule has 0 aromatic heterocycles. The van der Waals surface area contributed by atoms with Crippen molar-refractivity contribution in [2.75, 3.05) is 11.6 Å². The van der Waals surface area contributed by atoms with Gasteiger partial charge in [-0.25, -0.2) is 13.1 Å². The van der Waals surface area contributed by atoms with E-state index in [1.165, 1.54) is 6.42 Å². The van der Waals surface area contributed by atoms with Crippen molar-refractivity contribution in [1.82, 2.24) is 4.72 Å². The monoisotopic (exact) mass is 326 g/mol. The Bertz CT molecular complexity index is 599. The number of hydrogen-bond donors (Lipinski definition) is 2. The molecule has 0 aliphatic heterocycles. The normalized spacial score (nSPS) is 26.0. The number of thioether (sulfide) groups is 1. The molecule has 116 valence electrons. The standard InChI is InChI=1S/C15H22N2O2S2/c1-20-13-9-8-12(10-13)16-14-4-2-3-5-15(14)21(18,19)17-11-6-7-11/h2-5,11-13,16-17H,6-10H2,1H3. The predicted molar refractivity (Wildman–Crippen MR) is 88.4 cm³/mol. The Balaban J connectivity index is 1.76. The van der Waals surface area contributed by atoms with Crippen molar-refractivity contribution < 1.29 is 8.42 Å². The number of sulfonamides is 1. The summed E-state index contributed by atoms with van der Waals surface area (Å²) in [6, 6.07) is 7.74. The molecule has 2 unspecified atom stereocenters. The molecule has 0 radical (unpaired) electrons. The summed E-state index contributed by atoms with van der Waals surface area (Å²) in [6.45, 7) is 0. The third kappa shape index (κ3) is 3.73. The Kier molecular flexibility index (Phi) is 4.47. The molecule has 1 aromatic carbocycles. The SMILES string of the molecule is CSC1CCC(Nc2ccccc2S(=O)(=O)NC2CC2)C1. The van der Waals surface area contributed by atoms with Gasteiger partial charge in [0.05, 0.1) is 5.69 Å². The minimum absolute atomic E-state index is 0.135. The van der Waals surface area contributed by atoms with E-state index in [9.17, 15) is 8.42 Å². The maximum Gasteiger partial charge on any atom is 0.242 e. The molecule has 6 heteroatoms. The number of hydrogen-bond acceptors (Lipinski definition) is 4. The van der Waals surface area contributed by atoms with Crippen LogP contribution in [-0.4, -0.2) is 32.0 Å². The molecular weight excluding hydrogens is 304 g/mol. The van der Waals surface area contributed by atoms with Gasteiger partial charge in [0.2, 0.25) is 10.0 Å². The summed E-state index contributed by atoms with van der Waals surface area (Å²) in [5, 5.41) is 4.13. The van der Waals surface area contributed by atoms with Gasteiger partial charge >= 0.3 is 0 Å². The number of rotatable bonds is 6. The molecule has 2 N–H and O–H groups in total. The van der Waals surface area contributed by atoms with Crippen LogP contribution in [0.15, 0.2) is 29.2 Å². The van der Waals surface area contributed by atoms with E-state index in [1.54, 1.807) is 12.1 Å². The lowest BCUT2D eigenvalue weighted by atomic mass is 10.2. The highest BCUT2D eigenvalue weighted by atomic mass is 32.2. The van der Waals surface area contributed by atoms with Crippen molar-refractivity contribution >= 4 is 27.5 Å². The van der Waals surface area contributed by atoms with Gasteiger partial charge in [-0.05, 0) is 50.5 Å². The van der Waals surface area contributed by atoms with E-state index in [1.807, 2.05) is 23.9 Å². The lowest BCUT2D eigenvalue weighted by Gasteiger charge is -2.17. The molecule has 0 bridgehead atoms. The summed E-state index contributed by atoms with van der Waals surface area (Å²) in [5.74, 6) is 0. The fourth-order valence-corrected chi connectivity index (χ4v) is 5.08. The predicted octanol–water partition coefficient (Wildman–Crippen LogP) is 2.82. The van der Waals surface area contributed by atoms with Crippen LogP contribution in [0.1, 0.15) is 32.1 Å². The minimum atomic E-state index is -3.41. The van der Waals surface area contributed by atoms with Gasteiger partial charge in [-0.3, -0.25) is 0 Å². The quantitative estimate of drug-likeness (QED) is 0.844. The fourth-order valence-electron chi connectivity index (χ4n) is 2.81. The molecule has 0 heterocycles. The molecule has 0 saturated heterocycles. The van der Waals surface area contributed by atoms with E-state index in [-0.39, 0.29) is 6.04 Å². The summed E-state index contributed by atoms with van der Waals surface area (Å²) in [4.78, 5) is 0.379. The van der Waals surface area contributed by atoms with E-state index in [0.717, 1.165) is 31.4 Å². The Hall–Kier alpha value is -0.720. The molecule has 0 amide bonds. The first-order chi connectivity index (χ1) is 10.1. The van der Waals surface area contributed by atoms with E-state index < -0.39 is 10.0 Å². The smallest absolute Gasteiger partial charge is 0.242 e. The van der Waals surface area contributed by atoms with Crippen molar-refractivity contribution in [2.45, 2.75) is 54.3 Å². The van der Waals surface area contributed by atoms with E-state index >= 15 is 0 Å². The molecule has 2 fully saturated rings. The van der Waals surface area contributed by atoms with Crippen LogP contribution in [0.3, 0.4) is 0 Å². The molecule has 4 nitrogen and oxygen atoms in total. The van der Waals surface area contributed by atoms with Gasteiger partial charge in [-0.2, -0.15) is 11.8 Å². The van der Waals surface area contributed by atoms with Crippen LogP contribution in [0.4, 0.5) is 5.69 Å². The summed E-state index contributed by atoms with van der Waals surface area (Å²) in [7, 11) is -3.41. The molecule has 21 heavy (non-hydrogen) atoms. The number of para-hydroxylation sites is 1. The molecule has 2 aliphatic rings. The van der Waals surface area contributed by atoms with Crippen molar-refractivity contribution in [3.8, 4) is 0 Å². The van der Waals surface area contributed by atoms with Crippen LogP contribution in [0.5, 0.6) is 0 Å². The highest BCUT2D eigenvalue weighted by molar-refractivity contribution is 7.99. The van der Waals surface area contributed by atoms with E-state index in [2.05, 4.69) is 16.3 Å². The zero-order valence-electron chi connectivity index (χ0n) is 12.2. The van der Waals surface area contributed by atoms with Crippen molar-refractivity contribution in [2.24, 2.45) is 0 Å². The molecule has 1 aromatic rings. The van der Waals surface area contributed by atoms with Gasteiger partial charge in [0.15, 0.2) is 0 Å². The first kappa shape index (κ1) is 15.2. The molecular formula is C15H22N2O2S2. The van der Waals surface area contributed by atoms with Crippen LogP contribution in [0.2, 0.25) is 0 Å². The maximum atomic E-state index is 12.4. The molecule has 2 aliphatic carbocycles. The third-order valence-electron chi connectivity index (χ3n) is 4.15. The summed E-state index contributed by atoms with van der Waals surface area (Å²) in [5.41, 5.74) is 0.734. The maximum absolute atomic E-state index is 12.4. The second-order valence-electron chi connectivity index (χ2n) is 5.90. The second kappa shape index (κ2) is 6.18. The van der Waals surface area contributed by atoms with Crippen LogP contribution in [0.25, 0.3) is 0 Å². The highest BCUT2D eigenvalue weighted by Crippen LogP contribution is 2.32. The summed E-state index contributed by atoms with van der Waals surface area (Å²) < 4.78 is 27.6. The average molecular weight is 326 g/mol. The fraction of sp³-hybridized carbons (Fsp3) is 0.600. The summed E-state index contributed by atoms with van der Waals surface area (Å²) in [6.07, 6.45) is 7.46. The molecule has 2 atom stereocenters. The van der Waals surface area contributed by atoms with Gasteiger partial charge in [-0.15, -0.1) is 0 Å².